The molecule has 1 heterocycles. The van der Waals surface area contributed by atoms with Crippen LogP contribution in [0.2, 0.25) is 0 Å². The Bertz CT molecular complexity index is 326. The third-order valence-electron chi connectivity index (χ3n) is 4.53. The van der Waals surface area contributed by atoms with Crippen LogP contribution in [0.3, 0.4) is 0 Å². The summed E-state index contributed by atoms with van der Waals surface area (Å²) < 4.78 is 0. The van der Waals surface area contributed by atoms with Crippen molar-refractivity contribution >= 4 is 11.8 Å². The minimum atomic E-state index is -0.377. The van der Waals surface area contributed by atoms with Crippen LogP contribution in [0, 0.1) is 5.41 Å². The van der Waals surface area contributed by atoms with E-state index in [-0.39, 0.29) is 23.3 Å². The van der Waals surface area contributed by atoms with Gasteiger partial charge in [0.25, 0.3) is 0 Å². The van der Waals surface area contributed by atoms with Crippen LogP contribution in [-0.4, -0.2) is 30.9 Å². The van der Waals surface area contributed by atoms with Gasteiger partial charge in [-0.2, -0.15) is 0 Å². The van der Waals surface area contributed by atoms with Crippen molar-refractivity contribution < 1.29 is 9.59 Å². The van der Waals surface area contributed by atoms with E-state index in [9.17, 15) is 9.59 Å². The van der Waals surface area contributed by atoms with Gasteiger partial charge in [0.05, 0.1) is 5.41 Å². The Morgan fingerprint density at radius 1 is 1.32 bits per heavy atom. The first-order valence-corrected chi connectivity index (χ1v) is 7.44. The van der Waals surface area contributed by atoms with Crippen LogP contribution in [0.5, 0.6) is 0 Å². The van der Waals surface area contributed by atoms with Crippen LogP contribution in [0.15, 0.2) is 0 Å². The Labute approximate surface area is 114 Å². The van der Waals surface area contributed by atoms with Crippen LogP contribution in [0.4, 0.5) is 0 Å². The largest absolute Gasteiger partial charge is 0.354 e. The van der Waals surface area contributed by atoms with E-state index < -0.39 is 0 Å². The molecule has 0 radical (unpaired) electrons. The Hall–Kier alpha value is -1.10. The van der Waals surface area contributed by atoms with E-state index in [0.29, 0.717) is 19.5 Å². The molecule has 0 aromatic rings. The quantitative estimate of drug-likeness (QED) is 0.657. The third kappa shape index (κ3) is 3.47. The summed E-state index contributed by atoms with van der Waals surface area (Å²) in [5, 5.41) is 5.89. The monoisotopic (exact) mass is 267 g/mol. The fourth-order valence-corrected chi connectivity index (χ4v) is 3.12. The molecule has 19 heavy (non-hydrogen) atoms. The van der Waals surface area contributed by atoms with Crippen LogP contribution < -0.4 is 16.4 Å². The SMILES string of the molecule is NCC1(C(=O)NC2CCC(=O)NC2)CCCCCC1. The molecular formula is C14H25N3O2. The van der Waals surface area contributed by atoms with Gasteiger partial charge in [-0.15, -0.1) is 0 Å². The summed E-state index contributed by atoms with van der Waals surface area (Å²) in [5.41, 5.74) is 5.53. The lowest BCUT2D eigenvalue weighted by atomic mass is 9.79. The van der Waals surface area contributed by atoms with E-state index in [0.717, 1.165) is 32.1 Å². The molecule has 1 aliphatic carbocycles. The Kier molecular flexibility index (Phi) is 4.80. The summed E-state index contributed by atoms with van der Waals surface area (Å²) in [6.45, 7) is 0.975. The molecular weight excluding hydrogens is 242 g/mol. The van der Waals surface area contributed by atoms with Crippen molar-refractivity contribution in [3.8, 4) is 0 Å². The van der Waals surface area contributed by atoms with Gasteiger partial charge in [-0.25, -0.2) is 0 Å². The zero-order valence-corrected chi connectivity index (χ0v) is 11.5. The summed E-state index contributed by atoms with van der Waals surface area (Å²) in [6.07, 6.45) is 7.61. The van der Waals surface area contributed by atoms with Crippen molar-refractivity contribution in [2.45, 2.75) is 57.4 Å². The normalized spacial score (nSPS) is 27.2. The van der Waals surface area contributed by atoms with E-state index in [4.69, 9.17) is 5.73 Å². The third-order valence-corrected chi connectivity index (χ3v) is 4.53. The lowest BCUT2D eigenvalue weighted by molar-refractivity contribution is -0.133. The molecule has 4 N–H and O–H groups in total. The number of nitrogens with one attached hydrogen (secondary N) is 2. The van der Waals surface area contributed by atoms with Gasteiger partial charge in [-0.1, -0.05) is 25.7 Å². The summed E-state index contributed by atoms with van der Waals surface area (Å²) in [7, 11) is 0. The molecule has 1 aliphatic heterocycles. The molecule has 2 fully saturated rings. The molecule has 5 heteroatoms. The molecule has 1 atom stereocenters. The predicted octanol–water partition coefficient (Wildman–Crippen LogP) is 0.680. The minimum Gasteiger partial charge on any atom is -0.354 e. The second-order valence-electron chi connectivity index (χ2n) is 5.91. The number of hydrogen-bond donors (Lipinski definition) is 3. The van der Waals surface area contributed by atoms with Gasteiger partial charge < -0.3 is 16.4 Å². The van der Waals surface area contributed by atoms with E-state index >= 15 is 0 Å². The van der Waals surface area contributed by atoms with Crippen molar-refractivity contribution in [1.29, 1.82) is 0 Å². The molecule has 2 aliphatic rings. The fraction of sp³-hybridized carbons (Fsp3) is 0.857. The van der Waals surface area contributed by atoms with Gasteiger partial charge in [0, 0.05) is 25.6 Å². The standard InChI is InChI=1S/C14H25N3O2/c15-10-14(7-3-1-2-4-8-14)13(19)17-11-5-6-12(18)16-9-11/h11H,1-10,15H2,(H,16,18)(H,17,19). The molecule has 1 unspecified atom stereocenters. The van der Waals surface area contributed by atoms with Crippen molar-refractivity contribution in [3.05, 3.63) is 0 Å². The zero-order valence-electron chi connectivity index (χ0n) is 11.5. The predicted molar refractivity (Wildman–Crippen MR) is 73.4 cm³/mol. The summed E-state index contributed by atoms with van der Waals surface area (Å²) in [5.74, 6) is 0.173. The van der Waals surface area contributed by atoms with E-state index in [1.807, 2.05) is 0 Å². The molecule has 2 rings (SSSR count). The molecule has 1 saturated carbocycles. The van der Waals surface area contributed by atoms with Crippen molar-refractivity contribution in [2.75, 3.05) is 13.1 Å². The average molecular weight is 267 g/mol. The molecule has 108 valence electrons. The lowest BCUT2D eigenvalue weighted by Gasteiger charge is -2.33. The average Bonchev–Trinajstić information content (AvgIpc) is 2.67. The highest BCUT2D eigenvalue weighted by molar-refractivity contribution is 5.84. The minimum absolute atomic E-state index is 0.0666. The molecule has 0 spiro atoms. The van der Waals surface area contributed by atoms with Crippen molar-refractivity contribution in [2.24, 2.45) is 11.1 Å². The van der Waals surface area contributed by atoms with Crippen molar-refractivity contribution in [1.82, 2.24) is 10.6 Å². The van der Waals surface area contributed by atoms with Gasteiger partial charge in [-0.05, 0) is 19.3 Å². The molecule has 5 nitrogen and oxygen atoms in total. The highest BCUT2D eigenvalue weighted by Crippen LogP contribution is 2.34. The fourth-order valence-electron chi connectivity index (χ4n) is 3.12. The van der Waals surface area contributed by atoms with Gasteiger partial charge >= 0.3 is 0 Å². The van der Waals surface area contributed by atoms with Crippen molar-refractivity contribution in [3.63, 3.8) is 0 Å². The molecule has 0 bridgehead atoms. The first-order chi connectivity index (χ1) is 9.16. The first kappa shape index (κ1) is 14.3. The Balaban J connectivity index is 1.94. The topological polar surface area (TPSA) is 84.2 Å². The first-order valence-electron chi connectivity index (χ1n) is 7.44. The van der Waals surface area contributed by atoms with E-state index in [2.05, 4.69) is 10.6 Å². The van der Waals surface area contributed by atoms with Crippen LogP contribution in [-0.2, 0) is 9.59 Å². The van der Waals surface area contributed by atoms with E-state index in [1.54, 1.807) is 0 Å². The van der Waals surface area contributed by atoms with Gasteiger partial charge in [-0.3, -0.25) is 9.59 Å². The maximum atomic E-state index is 12.5. The van der Waals surface area contributed by atoms with Crippen LogP contribution in [0.25, 0.3) is 0 Å². The number of amides is 2. The number of rotatable bonds is 3. The van der Waals surface area contributed by atoms with Gasteiger partial charge in [0.2, 0.25) is 11.8 Å². The Morgan fingerprint density at radius 2 is 2.00 bits per heavy atom. The van der Waals surface area contributed by atoms with Gasteiger partial charge in [0.15, 0.2) is 0 Å². The number of carbonyl (C=O) groups excluding carboxylic acids is 2. The molecule has 2 amide bonds. The lowest BCUT2D eigenvalue weighted by Crippen LogP contribution is -2.53. The smallest absolute Gasteiger partial charge is 0.227 e. The number of hydrogen-bond acceptors (Lipinski definition) is 3. The Morgan fingerprint density at radius 3 is 2.53 bits per heavy atom. The second-order valence-corrected chi connectivity index (χ2v) is 5.91. The highest BCUT2D eigenvalue weighted by atomic mass is 16.2. The molecule has 1 saturated heterocycles. The number of nitrogens with two attached hydrogens (primary N) is 1. The molecule has 0 aromatic carbocycles. The van der Waals surface area contributed by atoms with Crippen LogP contribution in [0.1, 0.15) is 51.4 Å². The van der Waals surface area contributed by atoms with E-state index in [1.165, 1.54) is 12.8 Å². The highest BCUT2D eigenvalue weighted by Gasteiger charge is 2.38. The second kappa shape index (κ2) is 6.37. The van der Waals surface area contributed by atoms with Crippen LogP contribution >= 0.6 is 0 Å². The number of carbonyl (C=O) groups is 2. The molecule has 0 aromatic heterocycles. The summed E-state index contributed by atoms with van der Waals surface area (Å²) >= 11 is 0. The number of piperidine rings is 1. The van der Waals surface area contributed by atoms with Gasteiger partial charge in [0.1, 0.15) is 0 Å². The summed E-state index contributed by atoms with van der Waals surface area (Å²) in [6, 6.07) is 0.0666. The zero-order chi connectivity index (χ0) is 13.7. The maximum Gasteiger partial charge on any atom is 0.227 e. The summed E-state index contributed by atoms with van der Waals surface area (Å²) in [4.78, 5) is 23.7. The maximum absolute atomic E-state index is 12.5.